The standard InChI is InChI=1S/C31H28ClFN6O3S/c1-15-16(2)43-31-27(15)28(19-5-7-20(32)8-6-19)35-24(29-38-37-17(3)39(29)31)13-26(41)34-14-18-4-9-21(23(33)12-18)22-10-11-25(40)36-30(22)42/h4-9,12,22,24H,10-11,13-14H2,1-3H3,(H,34,41)(H,36,40,42)/t22?,24-/m0/s1. The van der Waals surface area contributed by atoms with Gasteiger partial charge in [-0.15, -0.1) is 21.5 Å². The molecular weight excluding hydrogens is 591 g/mol. The van der Waals surface area contributed by atoms with Crippen LogP contribution in [-0.4, -0.2) is 38.2 Å². The van der Waals surface area contributed by atoms with Crippen molar-refractivity contribution >= 4 is 46.4 Å². The van der Waals surface area contributed by atoms with E-state index in [9.17, 15) is 18.8 Å². The van der Waals surface area contributed by atoms with Gasteiger partial charge >= 0.3 is 0 Å². The number of aliphatic imine (C=N–C) groups is 1. The van der Waals surface area contributed by atoms with E-state index in [1.807, 2.05) is 35.8 Å². The normalized spacial score (nSPS) is 17.9. The number of carbonyl (C=O) groups excluding carboxylic acids is 3. The zero-order valence-corrected chi connectivity index (χ0v) is 25.3. The molecule has 0 spiro atoms. The summed E-state index contributed by atoms with van der Waals surface area (Å²) in [5.41, 5.74) is 4.47. The largest absolute Gasteiger partial charge is 0.352 e. The molecule has 6 rings (SSSR count). The van der Waals surface area contributed by atoms with E-state index in [1.54, 1.807) is 23.5 Å². The second-order valence-corrected chi connectivity index (χ2v) is 12.4. The van der Waals surface area contributed by atoms with Gasteiger partial charge in [0.2, 0.25) is 17.7 Å². The number of imide groups is 1. The SMILES string of the molecule is Cc1sc2c(c1C)C(c1ccc(Cl)cc1)=N[C@@H](CC(=O)NCc1ccc(C3CCC(=O)NC3=O)c(F)c1)c1nnc(C)n1-2. The summed E-state index contributed by atoms with van der Waals surface area (Å²) in [6.45, 7) is 6.09. The summed E-state index contributed by atoms with van der Waals surface area (Å²) in [6.07, 6.45) is 0.420. The minimum Gasteiger partial charge on any atom is -0.352 e. The van der Waals surface area contributed by atoms with Crippen molar-refractivity contribution in [1.82, 2.24) is 25.4 Å². The summed E-state index contributed by atoms with van der Waals surface area (Å²) >= 11 is 7.81. The van der Waals surface area contributed by atoms with Crippen LogP contribution in [0.15, 0.2) is 47.5 Å². The van der Waals surface area contributed by atoms with Gasteiger partial charge in [0.25, 0.3) is 0 Å². The number of nitrogens with one attached hydrogen (secondary N) is 2. The second kappa shape index (κ2) is 11.5. The number of fused-ring (bicyclic) bond motifs is 3. The zero-order valence-electron chi connectivity index (χ0n) is 23.7. The molecule has 2 aliphatic heterocycles. The Morgan fingerprint density at radius 2 is 1.91 bits per heavy atom. The van der Waals surface area contributed by atoms with Crippen LogP contribution in [0.4, 0.5) is 4.39 Å². The van der Waals surface area contributed by atoms with Crippen LogP contribution in [0.3, 0.4) is 0 Å². The molecule has 0 bridgehead atoms. The number of carbonyl (C=O) groups is 3. The molecule has 2 N–H and O–H groups in total. The number of amides is 3. The van der Waals surface area contributed by atoms with Crippen LogP contribution < -0.4 is 10.6 Å². The lowest BCUT2D eigenvalue weighted by Crippen LogP contribution is -2.39. The van der Waals surface area contributed by atoms with Crippen LogP contribution in [0.2, 0.25) is 5.02 Å². The fraction of sp³-hybridized carbons (Fsp3) is 0.290. The highest BCUT2D eigenvalue weighted by Gasteiger charge is 2.33. The van der Waals surface area contributed by atoms with Crippen LogP contribution in [0, 0.1) is 26.6 Å². The maximum Gasteiger partial charge on any atom is 0.234 e. The van der Waals surface area contributed by atoms with Crippen LogP contribution in [0.5, 0.6) is 0 Å². The van der Waals surface area contributed by atoms with E-state index in [4.69, 9.17) is 16.6 Å². The quantitative estimate of drug-likeness (QED) is 0.289. The number of halogens is 2. The molecule has 2 aromatic heterocycles. The van der Waals surface area contributed by atoms with E-state index in [2.05, 4.69) is 34.7 Å². The number of benzene rings is 2. The predicted octanol–water partition coefficient (Wildman–Crippen LogP) is 5.17. The van der Waals surface area contributed by atoms with Crippen molar-refractivity contribution in [3.63, 3.8) is 0 Å². The summed E-state index contributed by atoms with van der Waals surface area (Å²) in [6, 6.07) is 11.4. The maximum absolute atomic E-state index is 15.0. The summed E-state index contributed by atoms with van der Waals surface area (Å²) < 4.78 is 17.0. The van der Waals surface area contributed by atoms with Gasteiger partial charge in [0.15, 0.2) is 5.82 Å². The van der Waals surface area contributed by atoms with Gasteiger partial charge in [-0.1, -0.05) is 35.9 Å². The molecule has 2 aliphatic rings. The van der Waals surface area contributed by atoms with Crippen molar-refractivity contribution < 1.29 is 18.8 Å². The number of hydrogen-bond donors (Lipinski definition) is 2. The first-order valence-corrected chi connectivity index (χ1v) is 15.0. The van der Waals surface area contributed by atoms with E-state index < -0.39 is 23.7 Å². The van der Waals surface area contributed by atoms with Crippen LogP contribution in [0.25, 0.3) is 5.00 Å². The Morgan fingerprint density at radius 3 is 2.63 bits per heavy atom. The third kappa shape index (κ3) is 5.50. The molecule has 2 atom stereocenters. The average molecular weight is 619 g/mol. The fourth-order valence-corrected chi connectivity index (χ4v) is 6.87. The Bertz CT molecular complexity index is 1810. The van der Waals surface area contributed by atoms with Crippen molar-refractivity contribution in [2.24, 2.45) is 4.99 Å². The van der Waals surface area contributed by atoms with Gasteiger partial charge in [-0.2, -0.15) is 0 Å². The van der Waals surface area contributed by atoms with Gasteiger partial charge < -0.3 is 5.32 Å². The molecule has 9 nitrogen and oxygen atoms in total. The lowest BCUT2D eigenvalue weighted by molar-refractivity contribution is -0.134. The molecule has 0 radical (unpaired) electrons. The third-order valence-corrected chi connectivity index (χ3v) is 9.35. The zero-order chi connectivity index (χ0) is 30.4. The fourth-order valence-electron chi connectivity index (χ4n) is 5.53. The predicted molar refractivity (Wildman–Crippen MR) is 161 cm³/mol. The Morgan fingerprint density at radius 1 is 1.14 bits per heavy atom. The van der Waals surface area contributed by atoms with Crippen molar-refractivity contribution in [2.45, 2.75) is 58.5 Å². The van der Waals surface area contributed by atoms with E-state index in [-0.39, 0.29) is 43.2 Å². The second-order valence-electron chi connectivity index (χ2n) is 10.7. The minimum atomic E-state index is -0.722. The number of aryl methyl sites for hydroxylation is 2. The lowest BCUT2D eigenvalue weighted by Gasteiger charge is -2.21. The smallest absolute Gasteiger partial charge is 0.234 e. The highest BCUT2D eigenvalue weighted by atomic mass is 35.5. The number of piperidine rings is 1. The van der Waals surface area contributed by atoms with Gasteiger partial charge in [-0.3, -0.25) is 29.3 Å². The average Bonchev–Trinajstić information content (AvgIpc) is 3.45. The van der Waals surface area contributed by atoms with Gasteiger partial charge in [0.05, 0.1) is 18.1 Å². The summed E-state index contributed by atoms with van der Waals surface area (Å²) in [4.78, 5) is 43.2. The van der Waals surface area contributed by atoms with Crippen molar-refractivity contribution in [3.8, 4) is 5.00 Å². The number of aromatic nitrogens is 3. The number of nitrogens with zero attached hydrogens (tertiary/aromatic N) is 4. The Labute approximate surface area is 256 Å². The van der Waals surface area contributed by atoms with Crippen LogP contribution in [0.1, 0.15) is 75.6 Å². The van der Waals surface area contributed by atoms with E-state index >= 15 is 0 Å². The van der Waals surface area contributed by atoms with Crippen molar-refractivity contribution in [1.29, 1.82) is 0 Å². The van der Waals surface area contributed by atoms with E-state index in [0.717, 1.165) is 32.3 Å². The first-order chi connectivity index (χ1) is 20.6. The first-order valence-electron chi connectivity index (χ1n) is 13.9. The summed E-state index contributed by atoms with van der Waals surface area (Å²) in [5.74, 6) is -1.15. The van der Waals surface area contributed by atoms with E-state index in [0.29, 0.717) is 22.2 Å². The lowest BCUT2D eigenvalue weighted by atomic mass is 9.89. The molecule has 220 valence electrons. The third-order valence-electron chi connectivity index (χ3n) is 7.91. The van der Waals surface area contributed by atoms with Crippen LogP contribution >= 0.6 is 22.9 Å². The minimum absolute atomic E-state index is 0.000959. The monoisotopic (exact) mass is 618 g/mol. The maximum atomic E-state index is 15.0. The Balaban J connectivity index is 1.25. The molecule has 1 unspecified atom stereocenters. The molecule has 1 saturated heterocycles. The molecule has 0 aliphatic carbocycles. The molecule has 2 aromatic carbocycles. The van der Waals surface area contributed by atoms with Gasteiger partial charge in [0, 0.05) is 39.6 Å². The number of hydrogen-bond acceptors (Lipinski definition) is 7. The molecule has 1 fully saturated rings. The Hall–Kier alpha value is -4.22. The first kappa shape index (κ1) is 28.9. The molecule has 0 saturated carbocycles. The van der Waals surface area contributed by atoms with Crippen LogP contribution in [-0.2, 0) is 20.9 Å². The molecule has 4 heterocycles. The molecular formula is C31H28ClFN6O3S. The molecule has 43 heavy (non-hydrogen) atoms. The summed E-state index contributed by atoms with van der Waals surface area (Å²) in [7, 11) is 0. The highest BCUT2D eigenvalue weighted by molar-refractivity contribution is 7.15. The number of rotatable bonds is 6. The van der Waals surface area contributed by atoms with Gasteiger partial charge in [-0.25, -0.2) is 4.39 Å². The summed E-state index contributed by atoms with van der Waals surface area (Å²) in [5, 5.41) is 15.4. The molecule has 12 heteroatoms. The van der Waals surface area contributed by atoms with E-state index in [1.165, 1.54) is 6.07 Å². The Kier molecular flexibility index (Phi) is 7.70. The van der Waals surface area contributed by atoms with Crippen molar-refractivity contribution in [2.75, 3.05) is 0 Å². The number of thiophene rings is 1. The topological polar surface area (TPSA) is 118 Å². The highest BCUT2D eigenvalue weighted by Crippen LogP contribution is 2.39. The molecule has 4 aromatic rings. The molecule has 3 amide bonds. The van der Waals surface area contributed by atoms with Gasteiger partial charge in [0.1, 0.15) is 22.7 Å². The van der Waals surface area contributed by atoms with Crippen molar-refractivity contribution in [3.05, 3.63) is 97.6 Å². The van der Waals surface area contributed by atoms with Gasteiger partial charge in [-0.05, 0) is 56.5 Å².